The number of fused-ring (bicyclic) bond motifs is 1. The van der Waals surface area contributed by atoms with E-state index in [0.29, 0.717) is 24.3 Å². The lowest BCUT2D eigenvalue weighted by Gasteiger charge is -2.41. The van der Waals surface area contributed by atoms with Gasteiger partial charge in [-0.3, -0.25) is 9.89 Å². The molecule has 1 aliphatic rings. The molecule has 0 radical (unpaired) electrons. The van der Waals surface area contributed by atoms with Crippen molar-refractivity contribution in [2.75, 3.05) is 13.1 Å². The summed E-state index contributed by atoms with van der Waals surface area (Å²) in [5, 5.41) is 7.50. The monoisotopic (exact) mass is 274 g/mol. The van der Waals surface area contributed by atoms with Gasteiger partial charge in [0.15, 0.2) is 5.65 Å². The number of hydrogen-bond acceptors (Lipinski definition) is 4. The summed E-state index contributed by atoms with van der Waals surface area (Å²) in [7, 11) is 0. The van der Waals surface area contributed by atoms with Gasteiger partial charge in [0.2, 0.25) is 0 Å². The Bertz CT molecular complexity index is 649. The number of nitrogens with zero attached hydrogens (tertiary/aromatic N) is 3. The van der Waals surface area contributed by atoms with Gasteiger partial charge in [-0.25, -0.2) is 4.98 Å². The Morgan fingerprint density at radius 3 is 3.10 bits per heavy atom. The number of carbonyl (C=O) groups excluding carboxylic acids is 1. The highest BCUT2D eigenvalue weighted by molar-refractivity contribution is 6.05. The van der Waals surface area contributed by atoms with Gasteiger partial charge >= 0.3 is 0 Å². The molecule has 1 saturated heterocycles. The molecule has 3 heterocycles. The van der Waals surface area contributed by atoms with Crippen LogP contribution in [0.1, 0.15) is 31.1 Å². The molecule has 0 aromatic carbocycles. The first-order valence-corrected chi connectivity index (χ1v) is 6.71. The predicted molar refractivity (Wildman–Crippen MR) is 74.4 cm³/mol. The smallest absolute Gasteiger partial charge is 0.254 e. The lowest BCUT2D eigenvalue weighted by atomic mass is 10.0. The second-order valence-corrected chi connectivity index (χ2v) is 5.86. The van der Waals surface area contributed by atoms with Gasteiger partial charge in [-0.15, -0.1) is 0 Å². The molecule has 6 nitrogen and oxygen atoms in total. The number of H-pyrrole nitrogens is 1. The van der Waals surface area contributed by atoms with Gasteiger partial charge in [-0.1, -0.05) is 0 Å². The third-order valence-corrected chi connectivity index (χ3v) is 3.44. The Labute approximate surface area is 117 Å². The van der Waals surface area contributed by atoms with Crippen molar-refractivity contribution in [2.24, 2.45) is 0 Å². The largest absolute Gasteiger partial charge is 0.369 e. The number of hydrogen-bond donors (Lipinski definition) is 1. The summed E-state index contributed by atoms with van der Waals surface area (Å²) in [5.74, 6) is 0.00188. The van der Waals surface area contributed by atoms with Crippen molar-refractivity contribution < 1.29 is 9.53 Å². The van der Waals surface area contributed by atoms with Crippen molar-refractivity contribution in [2.45, 2.75) is 32.5 Å². The zero-order valence-electron chi connectivity index (χ0n) is 11.9. The maximum atomic E-state index is 12.7. The second kappa shape index (κ2) is 4.56. The van der Waals surface area contributed by atoms with Gasteiger partial charge in [-0.05, 0) is 26.8 Å². The molecule has 1 amide bonds. The maximum absolute atomic E-state index is 12.7. The fraction of sp³-hybridized carbons (Fsp3) is 0.500. The number of amides is 1. The van der Waals surface area contributed by atoms with E-state index in [1.165, 1.54) is 0 Å². The molecule has 1 N–H and O–H groups in total. The molecule has 106 valence electrons. The summed E-state index contributed by atoms with van der Waals surface area (Å²) < 4.78 is 5.84. The first-order valence-electron chi connectivity index (χ1n) is 6.71. The van der Waals surface area contributed by atoms with Gasteiger partial charge in [0.1, 0.15) is 0 Å². The van der Waals surface area contributed by atoms with E-state index in [4.69, 9.17) is 4.74 Å². The molecule has 1 fully saturated rings. The molecule has 2 aromatic heterocycles. The predicted octanol–water partition coefficient (Wildman–Crippen LogP) is 1.60. The van der Waals surface area contributed by atoms with Crippen molar-refractivity contribution in [3.8, 4) is 0 Å². The molecule has 1 aliphatic heterocycles. The second-order valence-electron chi connectivity index (χ2n) is 5.86. The Morgan fingerprint density at radius 2 is 2.35 bits per heavy atom. The van der Waals surface area contributed by atoms with Crippen LogP contribution in [0.3, 0.4) is 0 Å². The number of aromatic nitrogens is 3. The van der Waals surface area contributed by atoms with E-state index < -0.39 is 0 Å². The normalized spacial score (nSPS) is 22.1. The van der Waals surface area contributed by atoms with Gasteiger partial charge in [0, 0.05) is 19.3 Å². The third-order valence-electron chi connectivity index (χ3n) is 3.44. The minimum Gasteiger partial charge on any atom is -0.369 e. The lowest BCUT2D eigenvalue weighted by molar-refractivity contribution is -0.118. The molecule has 0 spiro atoms. The van der Waals surface area contributed by atoms with Gasteiger partial charge in [0.25, 0.3) is 5.91 Å². The number of rotatable bonds is 1. The Hall–Kier alpha value is -1.95. The Kier molecular flexibility index (Phi) is 2.97. The summed E-state index contributed by atoms with van der Waals surface area (Å²) in [6.07, 6.45) is 3.30. The van der Waals surface area contributed by atoms with E-state index in [2.05, 4.69) is 15.2 Å². The maximum Gasteiger partial charge on any atom is 0.254 e. The minimum atomic E-state index is -0.324. The number of aromatic amines is 1. The molecule has 1 atom stereocenters. The van der Waals surface area contributed by atoms with Gasteiger partial charge in [-0.2, -0.15) is 5.10 Å². The standard InChI is InChI=1S/C14H18N4O2/c1-9-7-18(8-14(2,3)20-9)13(19)10-4-5-15-12-11(10)6-16-17-12/h4-6,9H,7-8H2,1-3H3,(H,15,16,17). The quantitative estimate of drug-likeness (QED) is 0.857. The van der Waals surface area contributed by atoms with Crippen molar-refractivity contribution in [3.63, 3.8) is 0 Å². The van der Waals surface area contributed by atoms with Crippen LogP contribution in [0.25, 0.3) is 11.0 Å². The van der Waals surface area contributed by atoms with Crippen LogP contribution in [0.4, 0.5) is 0 Å². The van der Waals surface area contributed by atoms with Crippen LogP contribution in [-0.4, -0.2) is 50.8 Å². The zero-order chi connectivity index (χ0) is 14.3. The van der Waals surface area contributed by atoms with Crippen molar-refractivity contribution in [3.05, 3.63) is 24.0 Å². The Morgan fingerprint density at radius 1 is 1.55 bits per heavy atom. The third kappa shape index (κ3) is 2.27. The lowest BCUT2D eigenvalue weighted by Crippen LogP contribution is -2.53. The number of morpholine rings is 1. The van der Waals surface area contributed by atoms with Crippen LogP contribution < -0.4 is 0 Å². The molecule has 0 aliphatic carbocycles. The highest BCUT2D eigenvalue weighted by Crippen LogP contribution is 2.24. The van der Waals surface area contributed by atoms with Crippen molar-refractivity contribution in [1.29, 1.82) is 0 Å². The summed E-state index contributed by atoms with van der Waals surface area (Å²) >= 11 is 0. The number of carbonyl (C=O) groups is 1. The van der Waals surface area contributed by atoms with Crippen LogP contribution in [0.2, 0.25) is 0 Å². The number of pyridine rings is 1. The molecule has 1 unspecified atom stereocenters. The summed E-state index contributed by atoms with van der Waals surface area (Å²) in [6.45, 7) is 7.18. The van der Waals surface area contributed by atoms with Crippen molar-refractivity contribution >= 4 is 16.9 Å². The van der Waals surface area contributed by atoms with E-state index in [0.717, 1.165) is 5.39 Å². The molecule has 0 bridgehead atoms. The summed E-state index contributed by atoms with van der Waals surface area (Å²) in [4.78, 5) is 18.7. The first-order chi connectivity index (χ1) is 9.46. The minimum absolute atomic E-state index is 0.00188. The molecule has 2 aromatic rings. The molecule has 3 rings (SSSR count). The molecular formula is C14H18N4O2. The fourth-order valence-electron chi connectivity index (χ4n) is 2.82. The van der Waals surface area contributed by atoms with E-state index in [1.807, 2.05) is 25.7 Å². The Balaban J connectivity index is 1.94. The summed E-state index contributed by atoms with van der Waals surface area (Å²) in [6, 6.07) is 1.74. The highest BCUT2D eigenvalue weighted by atomic mass is 16.5. The van der Waals surface area contributed by atoms with E-state index >= 15 is 0 Å². The van der Waals surface area contributed by atoms with Gasteiger partial charge < -0.3 is 9.64 Å². The highest BCUT2D eigenvalue weighted by Gasteiger charge is 2.34. The number of ether oxygens (including phenoxy) is 1. The van der Waals surface area contributed by atoms with E-state index in [9.17, 15) is 4.79 Å². The number of nitrogens with one attached hydrogen (secondary N) is 1. The topological polar surface area (TPSA) is 71.1 Å². The van der Waals surface area contributed by atoms with Crippen LogP contribution in [-0.2, 0) is 4.74 Å². The fourth-order valence-corrected chi connectivity index (χ4v) is 2.82. The summed E-state index contributed by atoms with van der Waals surface area (Å²) in [5.41, 5.74) is 0.945. The van der Waals surface area contributed by atoms with Crippen LogP contribution in [0.5, 0.6) is 0 Å². The molecular weight excluding hydrogens is 256 g/mol. The average Bonchev–Trinajstić information content (AvgIpc) is 2.83. The zero-order valence-corrected chi connectivity index (χ0v) is 11.9. The SMILES string of the molecule is CC1CN(C(=O)c2ccnc3[nH]ncc23)CC(C)(C)O1. The molecule has 0 saturated carbocycles. The van der Waals surface area contributed by atoms with Gasteiger partial charge in [0.05, 0.1) is 28.9 Å². The molecule has 6 heteroatoms. The van der Waals surface area contributed by atoms with E-state index in [1.54, 1.807) is 18.5 Å². The molecule has 20 heavy (non-hydrogen) atoms. The van der Waals surface area contributed by atoms with E-state index in [-0.39, 0.29) is 17.6 Å². The van der Waals surface area contributed by atoms with Crippen LogP contribution >= 0.6 is 0 Å². The first kappa shape index (κ1) is 13.1. The van der Waals surface area contributed by atoms with Crippen molar-refractivity contribution in [1.82, 2.24) is 20.1 Å². The average molecular weight is 274 g/mol. The van der Waals surface area contributed by atoms with Crippen LogP contribution in [0.15, 0.2) is 18.5 Å². The van der Waals surface area contributed by atoms with Crippen LogP contribution in [0, 0.1) is 0 Å².